The summed E-state index contributed by atoms with van der Waals surface area (Å²) in [6.07, 6.45) is 0.491. The van der Waals surface area contributed by atoms with E-state index in [0.29, 0.717) is 12.2 Å². The van der Waals surface area contributed by atoms with Crippen molar-refractivity contribution in [3.8, 4) is 11.5 Å². The van der Waals surface area contributed by atoms with Crippen LogP contribution in [0.1, 0.15) is 20.3 Å². The van der Waals surface area contributed by atoms with E-state index in [0.717, 1.165) is 0 Å². The Morgan fingerprint density at radius 1 is 1.50 bits per heavy atom. The summed E-state index contributed by atoms with van der Waals surface area (Å²) < 4.78 is 10.3. The van der Waals surface area contributed by atoms with Gasteiger partial charge in [0.05, 0.1) is 17.6 Å². The molecule has 0 bridgehead atoms. The molecule has 0 aliphatic heterocycles. The van der Waals surface area contributed by atoms with E-state index >= 15 is 0 Å². The van der Waals surface area contributed by atoms with Gasteiger partial charge in [0.1, 0.15) is 12.4 Å². The van der Waals surface area contributed by atoms with Gasteiger partial charge in [0.2, 0.25) is 5.75 Å². The molecule has 0 fully saturated rings. The minimum Gasteiger partial charge on any atom is -0.497 e. The smallest absolute Gasteiger partial charge is 0.311 e. The summed E-state index contributed by atoms with van der Waals surface area (Å²) in [6, 6.07) is 4.24. The van der Waals surface area contributed by atoms with Crippen molar-refractivity contribution in [1.82, 2.24) is 0 Å². The minimum atomic E-state index is -1.02. The van der Waals surface area contributed by atoms with E-state index in [9.17, 15) is 15.2 Å². The summed E-state index contributed by atoms with van der Waals surface area (Å²) in [5, 5.41) is 20.7. The Morgan fingerprint density at radius 2 is 2.17 bits per heavy atom. The molecule has 6 nitrogen and oxygen atoms in total. The molecule has 0 aromatic heterocycles. The molecule has 6 heteroatoms. The second-order valence-corrected chi connectivity index (χ2v) is 4.23. The van der Waals surface area contributed by atoms with Crippen molar-refractivity contribution >= 4 is 5.69 Å². The summed E-state index contributed by atoms with van der Waals surface area (Å²) in [5.74, 6) is 0.555. The molecule has 100 valence electrons. The van der Waals surface area contributed by atoms with Crippen LogP contribution in [0.2, 0.25) is 0 Å². The van der Waals surface area contributed by atoms with Gasteiger partial charge < -0.3 is 14.6 Å². The molecular weight excluding hydrogens is 238 g/mol. The largest absolute Gasteiger partial charge is 0.497 e. The summed E-state index contributed by atoms with van der Waals surface area (Å²) in [5.41, 5.74) is -1.17. The number of methoxy groups -OCH3 is 1. The SMILES string of the molecule is CCC(C)(O)COc1cc(OC)ccc1[N+](=O)[O-]. The van der Waals surface area contributed by atoms with Crippen LogP contribution in [0.5, 0.6) is 11.5 Å². The summed E-state index contributed by atoms with van der Waals surface area (Å²) >= 11 is 0. The molecule has 1 aromatic carbocycles. The average molecular weight is 255 g/mol. The van der Waals surface area contributed by atoms with E-state index in [1.165, 1.54) is 25.3 Å². The Morgan fingerprint density at radius 3 is 2.67 bits per heavy atom. The predicted octanol–water partition coefficient (Wildman–Crippen LogP) is 2.14. The van der Waals surface area contributed by atoms with Crippen LogP contribution in [0, 0.1) is 10.1 Å². The first-order valence-electron chi connectivity index (χ1n) is 5.57. The molecule has 0 radical (unpaired) electrons. The number of aliphatic hydroxyl groups is 1. The first-order valence-corrected chi connectivity index (χ1v) is 5.57. The van der Waals surface area contributed by atoms with Crippen molar-refractivity contribution in [2.75, 3.05) is 13.7 Å². The van der Waals surface area contributed by atoms with Gasteiger partial charge in [-0.25, -0.2) is 0 Å². The van der Waals surface area contributed by atoms with E-state index < -0.39 is 10.5 Å². The molecule has 1 aromatic rings. The van der Waals surface area contributed by atoms with Gasteiger partial charge in [-0.3, -0.25) is 10.1 Å². The maximum atomic E-state index is 10.8. The van der Waals surface area contributed by atoms with Gasteiger partial charge in [0, 0.05) is 12.1 Å². The van der Waals surface area contributed by atoms with E-state index in [4.69, 9.17) is 9.47 Å². The third-order valence-corrected chi connectivity index (χ3v) is 2.66. The van der Waals surface area contributed by atoms with E-state index in [-0.39, 0.29) is 18.0 Å². The fourth-order valence-electron chi connectivity index (χ4n) is 1.22. The Labute approximate surface area is 105 Å². The third kappa shape index (κ3) is 3.59. The highest BCUT2D eigenvalue weighted by atomic mass is 16.6. The van der Waals surface area contributed by atoms with E-state index in [1.54, 1.807) is 6.92 Å². The molecule has 1 rings (SSSR count). The maximum absolute atomic E-state index is 10.8. The van der Waals surface area contributed by atoms with Gasteiger partial charge in [-0.1, -0.05) is 6.92 Å². The summed E-state index contributed by atoms with van der Waals surface area (Å²) in [6.45, 7) is 3.40. The number of hydrogen-bond donors (Lipinski definition) is 1. The van der Waals surface area contributed by atoms with Crippen LogP contribution in [0.25, 0.3) is 0 Å². The monoisotopic (exact) mass is 255 g/mol. The molecule has 0 saturated heterocycles. The van der Waals surface area contributed by atoms with Crippen LogP contribution in [-0.4, -0.2) is 29.3 Å². The number of rotatable bonds is 6. The first kappa shape index (κ1) is 14.2. The fraction of sp³-hybridized carbons (Fsp3) is 0.500. The number of ether oxygens (including phenoxy) is 2. The minimum absolute atomic E-state index is 0.0164. The van der Waals surface area contributed by atoms with Gasteiger partial charge in [0.25, 0.3) is 0 Å². The number of hydrogen-bond acceptors (Lipinski definition) is 5. The highest BCUT2D eigenvalue weighted by molar-refractivity contribution is 5.50. The lowest BCUT2D eigenvalue weighted by molar-refractivity contribution is -0.386. The number of benzene rings is 1. The molecule has 0 aliphatic carbocycles. The standard InChI is InChI=1S/C12H17NO5/c1-4-12(2,14)8-18-11-7-9(17-3)5-6-10(11)13(15)16/h5-7,14H,4,8H2,1-3H3. The van der Waals surface area contributed by atoms with Crippen molar-refractivity contribution in [2.45, 2.75) is 25.9 Å². The first-order chi connectivity index (χ1) is 8.39. The maximum Gasteiger partial charge on any atom is 0.311 e. The molecule has 18 heavy (non-hydrogen) atoms. The van der Waals surface area contributed by atoms with Gasteiger partial charge in [0.15, 0.2) is 0 Å². The zero-order valence-electron chi connectivity index (χ0n) is 10.7. The van der Waals surface area contributed by atoms with Crippen molar-refractivity contribution in [2.24, 2.45) is 0 Å². The number of nitro groups is 1. The molecule has 0 saturated carbocycles. The molecule has 0 aliphatic rings. The lowest BCUT2D eigenvalue weighted by Crippen LogP contribution is -2.31. The number of nitro benzene ring substituents is 1. The van der Waals surface area contributed by atoms with Crippen LogP contribution >= 0.6 is 0 Å². The van der Waals surface area contributed by atoms with Crippen LogP contribution in [0.3, 0.4) is 0 Å². The van der Waals surface area contributed by atoms with Crippen LogP contribution in [-0.2, 0) is 0 Å². The van der Waals surface area contributed by atoms with Crippen LogP contribution < -0.4 is 9.47 Å². The van der Waals surface area contributed by atoms with E-state index in [1.807, 2.05) is 6.92 Å². The average Bonchev–Trinajstić information content (AvgIpc) is 2.36. The van der Waals surface area contributed by atoms with Crippen LogP contribution in [0.4, 0.5) is 5.69 Å². The predicted molar refractivity (Wildman–Crippen MR) is 66.1 cm³/mol. The topological polar surface area (TPSA) is 81.8 Å². The summed E-state index contributed by atoms with van der Waals surface area (Å²) in [4.78, 5) is 10.3. The Kier molecular flexibility index (Phi) is 4.49. The molecule has 0 spiro atoms. The quantitative estimate of drug-likeness (QED) is 0.622. The van der Waals surface area contributed by atoms with Gasteiger partial charge >= 0.3 is 5.69 Å². The highest BCUT2D eigenvalue weighted by Crippen LogP contribution is 2.31. The molecule has 1 atom stereocenters. The second kappa shape index (κ2) is 5.68. The van der Waals surface area contributed by atoms with E-state index in [2.05, 4.69) is 0 Å². The van der Waals surface area contributed by atoms with Crippen LogP contribution in [0.15, 0.2) is 18.2 Å². The van der Waals surface area contributed by atoms with Crippen molar-refractivity contribution in [3.05, 3.63) is 28.3 Å². The lowest BCUT2D eigenvalue weighted by atomic mass is 10.1. The molecule has 1 unspecified atom stereocenters. The van der Waals surface area contributed by atoms with Gasteiger partial charge in [-0.2, -0.15) is 0 Å². The number of nitrogens with zero attached hydrogens (tertiary/aromatic N) is 1. The zero-order chi connectivity index (χ0) is 13.8. The van der Waals surface area contributed by atoms with Crippen molar-refractivity contribution in [1.29, 1.82) is 0 Å². The Hall–Kier alpha value is -1.82. The molecule has 1 N–H and O–H groups in total. The zero-order valence-corrected chi connectivity index (χ0v) is 10.7. The highest BCUT2D eigenvalue weighted by Gasteiger charge is 2.22. The Bertz CT molecular complexity index is 430. The Balaban J connectivity index is 2.94. The van der Waals surface area contributed by atoms with Crippen molar-refractivity contribution < 1.29 is 19.5 Å². The lowest BCUT2D eigenvalue weighted by Gasteiger charge is -2.21. The fourth-order valence-corrected chi connectivity index (χ4v) is 1.22. The normalized spacial score (nSPS) is 13.8. The van der Waals surface area contributed by atoms with Crippen molar-refractivity contribution in [3.63, 3.8) is 0 Å². The molecule has 0 amide bonds. The molecule has 0 heterocycles. The third-order valence-electron chi connectivity index (χ3n) is 2.66. The molecular formula is C12H17NO5. The second-order valence-electron chi connectivity index (χ2n) is 4.23. The van der Waals surface area contributed by atoms with Gasteiger partial charge in [-0.15, -0.1) is 0 Å². The summed E-state index contributed by atoms with van der Waals surface area (Å²) in [7, 11) is 1.47. The van der Waals surface area contributed by atoms with Gasteiger partial charge in [-0.05, 0) is 19.4 Å².